The van der Waals surface area contributed by atoms with Crippen LogP contribution in [0.25, 0.3) is 0 Å². The highest BCUT2D eigenvalue weighted by atomic mass is 32.2. The molecule has 1 aliphatic heterocycles. The van der Waals surface area contributed by atoms with Gasteiger partial charge >= 0.3 is 0 Å². The van der Waals surface area contributed by atoms with Gasteiger partial charge in [-0.25, -0.2) is 8.42 Å². The lowest BCUT2D eigenvalue weighted by Gasteiger charge is -2.33. The lowest BCUT2D eigenvalue weighted by molar-refractivity contribution is 0.0696. The van der Waals surface area contributed by atoms with Gasteiger partial charge in [-0.3, -0.25) is 9.59 Å². The summed E-state index contributed by atoms with van der Waals surface area (Å²) in [4.78, 5) is 27.9. The molecule has 1 saturated heterocycles. The van der Waals surface area contributed by atoms with Crippen LogP contribution >= 0.6 is 0 Å². The van der Waals surface area contributed by atoms with E-state index in [9.17, 15) is 18.0 Å². The van der Waals surface area contributed by atoms with Crippen molar-refractivity contribution >= 4 is 15.9 Å². The van der Waals surface area contributed by atoms with Crippen molar-refractivity contribution in [2.75, 3.05) is 26.2 Å². The second kappa shape index (κ2) is 5.27. The van der Waals surface area contributed by atoms with Crippen LogP contribution in [-0.2, 0) is 10.0 Å². The van der Waals surface area contributed by atoms with Gasteiger partial charge in [-0.05, 0) is 25.0 Å². The SMILES string of the molecule is O=C(c1ccc[nH]c1=O)N1CCN(S(=O)(=O)C2CC2)CC1. The van der Waals surface area contributed by atoms with E-state index in [1.165, 1.54) is 21.5 Å². The smallest absolute Gasteiger partial charge is 0.260 e. The molecule has 8 heteroatoms. The minimum Gasteiger partial charge on any atom is -0.336 e. The van der Waals surface area contributed by atoms with E-state index in [1.807, 2.05) is 0 Å². The molecule has 0 atom stereocenters. The molecule has 1 saturated carbocycles. The van der Waals surface area contributed by atoms with Gasteiger partial charge in [0, 0.05) is 32.4 Å². The number of H-pyrrole nitrogens is 1. The zero-order valence-electron chi connectivity index (χ0n) is 11.5. The molecule has 0 unspecified atom stereocenters. The zero-order valence-corrected chi connectivity index (χ0v) is 12.3. The van der Waals surface area contributed by atoms with Crippen LogP contribution in [0.15, 0.2) is 23.1 Å². The molecule has 21 heavy (non-hydrogen) atoms. The van der Waals surface area contributed by atoms with Crippen LogP contribution in [0, 0.1) is 0 Å². The third-order valence-electron chi connectivity index (χ3n) is 3.88. The molecule has 1 aliphatic carbocycles. The normalized spacial score (nSPS) is 20.5. The molecular formula is C13H17N3O4S. The van der Waals surface area contributed by atoms with Gasteiger partial charge in [0.25, 0.3) is 11.5 Å². The Morgan fingerprint density at radius 2 is 1.86 bits per heavy atom. The number of aromatic nitrogens is 1. The number of sulfonamides is 1. The van der Waals surface area contributed by atoms with E-state index < -0.39 is 15.6 Å². The summed E-state index contributed by atoms with van der Waals surface area (Å²) in [5.41, 5.74) is -0.327. The first kappa shape index (κ1) is 14.3. The minimum absolute atomic E-state index is 0.0935. The van der Waals surface area contributed by atoms with Crippen molar-refractivity contribution in [2.45, 2.75) is 18.1 Å². The average Bonchev–Trinajstić information content (AvgIpc) is 3.32. The summed E-state index contributed by atoms with van der Waals surface area (Å²) < 4.78 is 25.7. The van der Waals surface area contributed by atoms with Crippen molar-refractivity contribution in [2.24, 2.45) is 0 Å². The van der Waals surface area contributed by atoms with Crippen LogP contribution < -0.4 is 5.56 Å². The molecule has 0 aromatic carbocycles. The summed E-state index contributed by atoms with van der Waals surface area (Å²) in [5, 5.41) is -0.225. The van der Waals surface area contributed by atoms with Crippen LogP contribution in [0.1, 0.15) is 23.2 Å². The Kier molecular flexibility index (Phi) is 3.58. The molecule has 2 heterocycles. The highest BCUT2D eigenvalue weighted by molar-refractivity contribution is 7.90. The number of nitrogens with zero attached hydrogens (tertiary/aromatic N) is 2. The van der Waals surface area contributed by atoms with Gasteiger partial charge in [-0.15, -0.1) is 0 Å². The molecule has 1 aromatic heterocycles. The largest absolute Gasteiger partial charge is 0.336 e. The maximum atomic E-state index is 12.3. The molecule has 2 fully saturated rings. The van der Waals surface area contributed by atoms with Crippen molar-refractivity contribution in [3.63, 3.8) is 0 Å². The zero-order chi connectivity index (χ0) is 15.0. The number of carbonyl (C=O) groups is 1. The topological polar surface area (TPSA) is 90.6 Å². The third-order valence-corrected chi connectivity index (χ3v) is 6.28. The van der Waals surface area contributed by atoms with E-state index >= 15 is 0 Å². The number of pyridine rings is 1. The van der Waals surface area contributed by atoms with Crippen LogP contribution in [-0.4, -0.2) is 59.9 Å². The van der Waals surface area contributed by atoms with E-state index in [0.29, 0.717) is 26.2 Å². The van der Waals surface area contributed by atoms with Gasteiger partial charge < -0.3 is 9.88 Å². The standard InChI is InChI=1S/C13H17N3O4S/c17-12-11(2-1-5-14-12)13(18)15-6-8-16(9-7-15)21(19,20)10-3-4-10/h1-2,5,10H,3-4,6-9H2,(H,14,17). The molecule has 0 spiro atoms. The first-order valence-corrected chi connectivity index (χ1v) is 8.46. The predicted octanol–water partition coefficient (Wildman–Crippen LogP) is -0.375. The van der Waals surface area contributed by atoms with Crippen LogP contribution in [0.2, 0.25) is 0 Å². The van der Waals surface area contributed by atoms with Gasteiger partial charge in [0.2, 0.25) is 10.0 Å². The number of rotatable bonds is 3. The molecule has 3 rings (SSSR count). The molecule has 0 radical (unpaired) electrons. The minimum atomic E-state index is -3.18. The van der Waals surface area contributed by atoms with Crippen molar-refractivity contribution in [1.29, 1.82) is 0 Å². The fourth-order valence-corrected chi connectivity index (χ4v) is 4.31. The molecule has 2 aliphatic rings. The molecule has 1 N–H and O–H groups in total. The van der Waals surface area contributed by atoms with Crippen LogP contribution in [0.4, 0.5) is 0 Å². The van der Waals surface area contributed by atoms with E-state index in [0.717, 1.165) is 12.8 Å². The van der Waals surface area contributed by atoms with E-state index in [4.69, 9.17) is 0 Å². The Morgan fingerprint density at radius 1 is 1.19 bits per heavy atom. The number of carbonyl (C=O) groups excluding carboxylic acids is 1. The van der Waals surface area contributed by atoms with Crippen LogP contribution in [0.3, 0.4) is 0 Å². The first-order valence-electron chi connectivity index (χ1n) is 6.96. The lowest BCUT2D eigenvalue weighted by atomic mass is 10.2. The quantitative estimate of drug-likeness (QED) is 0.824. The molecule has 114 valence electrons. The van der Waals surface area contributed by atoms with Crippen molar-refractivity contribution in [3.8, 4) is 0 Å². The Balaban J connectivity index is 1.67. The Labute approximate surface area is 122 Å². The lowest BCUT2D eigenvalue weighted by Crippen LogP contribution is -2.51. The monoisotopic (exact) mass is 311 g/mol. The number of piperazine rings is 1. The van der Waals surface area contributed by atoms with Crippen molar-refractivity contribution < 1.29 is 13.2 Å². The Hall–Kier alpha value is -1.67. The van der Waals surface area contributed by atoms with E-state index in [-0.39, 0.29) is 16.7 Å². The molecule has 1 amide bonds. The highest BCUT2D eigenvalue weighted by Crippen LogP contribution is 2.31. The summed E-state index contributed by atoms with van der Waals surface area (Å²) in [6.45, 7) is 1.24. The number of amides is 1. The number of hydrogen-bond donors (Lipinski definition) is 1. The van der Waals surface area contributed by atoms with Crippen molar-refractivity contribution in [1.82, 2.24) is 14.2 Å². The predicted molar refractivity (Wildman–Crippen MR) is 76.5 cm³/mol. The summed E-state index contributed by atoms with van der Waals surface area (Å²) in [6.07, 6.45) is 2.95. The molecule has 7 nitrogen and oxygen atoms in total. The molecular weight excluding hydrogens is 294 g/mol. The maximum absolute atomic E-state index is 12.3. The van der Waals surface area contributed by atoms with E-state index in [1.54, 1.807) is 6.07 Å². The van der Waals surface area contributed by atoms with Gasteiger partial charge in [-0.1, -0.05) is 0 Å². The van der Waals surface area contributed by atoms with Crippen LogP contribution in [0.5, 0.6) is 0 Å². The van der Waals surface area contributed by atoms with Gasteiger partial charge in [0.05, 0.1) is 5.25 Å². The average molecular weight is 311 g/mol. The molecule has 1 aromatic rings. The van der Waals surface area contributed by atoms with E-state index in [2.05, 4.69) is 4.98 Å². The maximum Gasteiger partial charge on any atom is 0.260 e. The fourth-order valence-electron chi connectivity index (χ4n) is 2.48. The van der Waals surface area contributed by atoms with Gasteiger partial charge in [0.1, 0.15) is 5.56 Å². The first-order chi connectivity index (χ1) is 10.00. The Morgan fingerprint density at radius 3 is 2.43 bits per heavy atom. The summed E-state index contributed by atoms with van der Waals surface area (Å²) in [7, 11) is -3.18. The number of nitrogens with one attached hydrogen (secondary N) is 1. The number of aromatic amines is 1. The summed E-state index contributed by atoms with van der Waals surface area (Å²) in [5.74, 6) is -0.347. The molecule has 0 bridgehead atoms. The van der Waals surface area contributed by atoms with Crippen molar-refractivity contribution in [3.05, 3.63) is 34.2 Å². The van der Waals surface area contributed by atoms with Gasteiger partial charge in [-0.2, -0.15) is 4.31 Å². The summed E-state index contributed by atoms with van der Waals surface area (Å²) in [6, 6.07) is 3.08. The Bertz CT molecular complexity index is 700. The second-order valence-electron chi connectivity index (χ2n) is 5.35. The van der Waals surface area contributed by atoms with Gasteiger partial charge in [0.15, 0.2) is 0 Å². The second-order valence-corrected chi connectivity index (χ2v) is 7.56. The third kappa shape index (κ3) is 2.73. The number of hydrogen-bond acceptors (Lipinski definition) is 4. The highest BCUT2D eigenvalue weighted by Gasteiger charge is 2.41. The summed E-state index contributed by atoms with van der Waals surface area (Å²) >= 11 is 0. The fraction of sp³-hybridized carbons (Fsp3) is 0.538.